The molecule has 2 saturated heterocycles. The van der Waals surface area contributed by atoms with Gasteiger partial charge in [-0.1, -0.05) is 67.3 Å². The number of H-pyrrole nitrogens is 1. The lowest BCUT2D eigenvalue weighted by atomic mass is 9.96. The van der Waals surface area contributed by atoms with Gasteiger partial charge in [0.1, 0.15) is 5.82 Å². The summed E-state index contributed by atoms with van der Waals surface area (Å²) in [7, 11) is 5.71. The zero-order valence-corrected chi connectivity index (χ0v) is 21.6. The highest BCUT2D eigenvalue weighted by Gasteiger charge is 2.28. The van der Waals surface area contributed by atoms with Crippen LogP contribution in [0.2, 0.25) is 0 Å². The van der Waals surface area contributed by atoms with E-state index in [1.165, 1.54) is 52.8 Å². The SMILES string of the molecule is PN1CCC[C@H]1C1=NC=C(c2ccc(-c3ccc(-c4cnc([C@@H]5CCCN5P)[nH]4)cc3)cc2)C1. The molecule has 0 bridgehead atoms. The zero-order chi connectivity index (χ0) is 23.1. The molecule has 2 aromatic carbocycles. The van der Waals surface area contributed by atoms with Gasteiger partial charge >= 0.3 is 0 Å². The van der Waals surface area contributed by atoms with Gasteiger partial charge in [-0.2, -0.15) is 0 Å². The van der Waals surface area contributed by atoms with Crippen LogP contribution >= 0.6 is 18.8 Å². The lowest BCUT2D eigenvalue weighted by molar-refractivity contribution is 0.434. The monoisotopic (exact) mass is 487 g/mol. The van der Waals surface area contributed by atoms with E-state index in [-0.39, 0.29) is 0 Å². The first-order valence-corrected chi connectivity index (χ1v) is 13.2. The minimum atomic E-state index is 0.381. The largest absolute Gasteiger partial charge is 0.341 e. The van der Waals surface area contributed by atoms with Gasteiger partial charge < -0.3 is 4.98 Å². The molecule has 0 amide bonds. The third-order valence-electron chi connectivity index (χ3n) is 7.43. The Morgan fingerprint density at radius 1 is 0.765 bits per heavy atom. The molecule has 2 fully saturated rings. The van der Waals surface area contributed by atoms with Crippen LogP contribution in [0.1, 0.15) is 49.5 Å². The number of hydrogen-bond donors (Lipinski definition) is 1. The molecule has 34 heavy (non-hydrogen) atoms. The van der Waals surface area contributed by atoms with Gasteiger partial charge in [-0.15, -0.1) is 0 Å². The first kappa shape index (κ1) is 22.3. The first-order chi connectivity index (χ1) is 16.7. The molecule has 0 saturated carbocycles. The van der Waals surface area contributed by atoms with E-state index in [1.54, 1.807) is 0 Å². The van der Waals surface area contributed by atoms with E-state index >= 15 is 0 Å². The Kier molecular flexibility index (Phi) is 6.22. The molecule has 5 nitrogen and oxygen atoms in total. The molecule has 1 N–H and O–H groups in total. The van der Waals surface area contributed by atoms with Crippen LogP contribution < -0.4 is 0 Å². The van der Waals surface area contributed by atoms with E-state index in [4.69, 9.17) is 4.99 Å². The number of nitrogens with zero attached hydrogens (tertiary/aromatic N) is 4. The summed E-state index contributed by atoms with van der Waals surface area (Å²) in [5, 5.41) is 0. The number of benzene rings is 2. The van der Waals surface area contributed by atoms with Crippen molar-refractivity contribution >= 4 is 30.1 Å². The second-order valence-electron chi connectivity index (χ2n) is 9.58. The minimum Gasteiger partial charge on any atom is -0.341 e. The van der Waals surface area contributed by atoms with Crippen molar-refractivity contribution in [3.8, 4) is 22.4 Å². The van der Waals surface area contributed by atoms with Gasteiger partial charge in [0, 0.05) is 31.4 Å². The highest BCUT2D eigenvalue weighted by atomic mass is 31.0. The van der Waals surface area contributed by atoms with Crippen molar-refractivity contribution in [2.45, 2.75) is 44.2 Å². The average Bonchev–Trinajstić information content (AvgIpc) is 3.66. The highest BCUT2D eigenvalue weighted by molar-refractivity contribution is 7.13. The summed E-state index contributed by atoms with van der Waals surface area (Å²) in [4.78, 5) is 13.0. The summed E-state index contributed by atoms with van der Waals surface area (Å²) < 4.78 is 4.66. The van der Waals surface area contributed by atoms with E-state index in [0.29, 0.717) is 12.1 Å². The lowest BCUT2D eigenvalue weighted by Gasteiger charge is -2.19. The van der Waals surface area contributed by atoms with E-state index in [9.17, 15) is 0 Å². The fourth-order valence-corrected chi connectivity index (χ4v) is 6.41. The number of aliphatic imine (C=N–C) groups is 1. The zero-order valence-electron chi connectivity index (χ0n) is 19.3. The summed E-state index contributed by atoms with van der Waals surface area (Å²) in [5.41, 5.74) is 8.61. The third-order valence-corrected chi connectivity index (χ3v) is 8.66. The maximum absolute atomic E-state index is 4.76. The molecule has 1 aromatic heterocycles. The molecule has 6 rings (SSSR count). The summed E-state index contributed by atoms with van der Waals surface area (Å²) in [6, 6.07) is 18.6. The fourth-order valence-electron chi connectivity index (χ4n) is 5.43. The van der Waals surface area contributed by atoms with Gasteiger partial charge in [-0.05, 0) is 53.5 Å². The van der Waals surface area contributed by atoms with Crippen molar-refractivity contribution in [3.05, 3.63) is 72.3 Å². The molecule has 3 aliphatic rings. The fraction of sp³-hybridized carbons (Fsp3) is 0.333. The van der Waals surface area contributed by atoms with Crippen LogP contribution in [-0.4, -0.2) is 44.2 Å². The predicted octanol–water partition coefficient (Wildman–Crippen LogP) is 6.11. The van der Waals surface area contributed by atoms with Crippen LogP contribution in [0.15, 0.2) is 65.9 Å². The molecule has 0 spiro atoms. The molecule has 2 unspecified atom stereocenters. The molecule has 174 valence electrons. The van der Waals surface area contributed by atoms with Gasteiger partial charge in [-0.3, -0.25) is 14.3 Å². The molecular weight excluding hydrogens is 456 g/mol. The maximum Gasteiger partial charge on any atom is 0.124 e. The van der Waals surface area contributed by atoms with Crippen molar-refractivity contribution in [2.75, 3.05) is 13.1 Å². The van der Waals surface area contributed by atoms with Gasteiger partial charge in [-0.25, -0.2) is 4.98 Å². The van der Waals surface area contributed by atoms with Crippen LogP contribution in [0, 0.1) is 0 Å². The number of hydrogen-bond acceptors (Lipinski definition) is 4. The molecule has 4 atom stereocenters. The Balaban J connectivity index is 1.13. The van der Waals surface area contributed by atoms with Crippen molar-refractivity contribution in [2.24, 2.45) is 4.99 Å². The van der Waals surface area contributed by atoms with E-state index in [0.717, 1.165) is 37.4 Å². The second kappa shape index (κ2) is 9.47. The van der Waals surface area contributed by atoms with Gasteiger partial charge in [0.2, 0.25) is 0 Å². The molecule has 0 aliphatic carbocycles. The Morgan fingerprint density at radius 2 is 1.35 bits per heavy atom. The van der Waals surface area contributed by atoms with Crippen LogP contribution in [0.5, 0.6) is 0 Å². The summed E-state index contributed by atoms with van der Waals surface area (Å²) in [6.07, 6.45) is 9.85. The Hall–Kier alpha value is -2.16. The smallest absolute Gasteiger partial charge is 0.124 e. The Morgan fingerprint density at radius 3 is 1.97 bits per heavy atom. The molecule has 3 aliphatic heterocycles. The Labute approximate surface area is 206 Å². The number of aromatic amines is 1. The van der Waals surface area contributed by atoms with Gasteiger partial charge in [0.25, 0.3) is 0 Å². The summed E-state index contributed by atoms with van der Waals surface area (Å²) in [5.74, 6) is 1.06. The predicted molar refractivity (Wildman–Crippen MR) is 147 cm³/mol. The molecular formula is C27H31N5P2. The third kappa shape index (κ3) is 4.32. The van der Waals surface area contributed by atoms with E-state index < -0.39 is 0 Å². The average molecular weight is 488 g/mol. The van der Waals surface area contributed by atoms with Crippen LogP contribution in [0.4, 0.5) is 0 Å². The van der Waals surface area contributed by atoms with Crippen molar-refractivity contribution < 1.29 is 0 Å². The molecule has 0 radical (unpaired) electrons. The highest BCUT2D eigenvalue weighted by Crippen LogP contribution is 2.35. The van der Waals surface area contributed by atoms with Crippen molar-refractivity contribution in [1.29, 1.82) is 0 Å². The summed E-state index contributed by atoms with van der Waals surface area (Å²) in [6.45, 7) is 2.26. The molecule has 7 heteroatoms. The van der Waals surface area contributed by atoms with Crippen molar-refractivity contribution in [3.63, 3.8) is 0 Å². The second-order valence-corrected chi connectivity index (χ2v) is 10.9. The standard InChI is InChI=1S/C27H31N5P2/c33-31-13-1-3-25(31)23-15-22(16-28-23)20-7-5-18(6-8-20)19-9-11-21(12-10-19)24-17-29-27(30-24)26-4-2-14-32(26)34/h5-12,16-17,25-26H,1-4,13-15,33-34H2,(H,29,30)/t25-,26-/m0/s1. The van der Waals surface area contributed by atoms with Gasteiger partial charge in [0.15, 0.2) is 0 Å². The van der Waals surface area contributed by atoms with Crippen LogP contribution in [-0.2, 0) is 0 Å². The number of aromatic nitrogens is 2. The molecule has 4 heterocycles. The van der Waals surface area contributed by atoms with Crippen molar-refractivity contribution in [1.82, 2.24) is 19.3 Å². The lowest BCUT2D eigenvalue weighted by Crippen LogP contribution is -2.27. The quantitative estimate of drug-likeness (QED) is 0.442. The van der Waals surface area contributed by atoms with Crippen LogP contribution in [0.3, 0.4) is 0 Å². The van der Waals surface area contributed by atoms with Crippen LogP contribution in [0.25, 0.3) is 28.0 Å². The molecule has 3 aromatic rings. The van der Waals surface area contributed by atoms with E-state index in [2.05, 4.69) is 92.8 Å². The number of allylic oxidation sites excluding steroid dienone is 1. The Bertz CT molecular complexity index is 1230. The van der Waals surface area contributed by atoms with E-state index in [1.807, 2.05) is 6.20 Å². The maximum atomic E-state index is 4.76. The number of rotatable bonds is 5. The number of imidazole rings is 1. The summed E-state index contributed by atoms with van der Waals surface area (Å²) >= 11 is 0. The first-order valence-electron chi connectivity index (χ1n) is 12.2. The van der Waals surface area contributed by atoms with Gasteiger partial charge in [0.05, 0.1) is 24.0 Å². The normalized spacial score (nSPS) is 23.5. The minimum absolute atomic E-state index is 0.381. The topological polar surface area (TPSA) is 47.5 Å². The number of nitrogens with one attached hydrogen (secondary N) is 1.